The number of rotatable bonds is 21. The lowest BCUT2D eigenvalue weighted by Crippen LogP contribution is -2.59. The largest absolute Gasteiger partial charge is 0.482 e. The van der Waals surface area contributed by atoms with E-state index in [-0.39, 0.29) is 124 Å². The van der Waals surface area contributed by atoms with Crippen molar-refractivity contribution < 1.29 is 47.4 Å². The Morgan fingerprint density at radius 1 is 1.00 bits per heavy atom. The number of pyridine rings is 1. The van der Waals surface area contributed by atoms with Crippen LogP contribution in [0.2, 0.25) is 0 Å². The van der Waals surface area contributed by atoms with Crippen LogP contribution < -0.4 is 37.1 Å². The molecule has 6 rings (SSSR count). The van der Waals surface area contributed by atoms with E-state index >= 15 is 0 Å². The van der Waals surface area contributed by atoms with Crippen LogP contribution in [-0.2, 0) is 46.5 Å². The molecule has 2 aromatic heterocycles. The average Bonchev–Trinajstić information content (AvgIpc) is 3.98. The molecule has 0 spiro atoms. The molecular weight excluding hydrogens is 980 g/mol. The van der Waals surface area contributed by atoms with Crippen LogP contribution in [0.3, 0.4) is 0 Å². The number of likely N-dealkylation sites (N-methyl/N-ethyl adjacent to an activating group) is 1. The second kappa shape index (κ2) is 26.3. The summed E-state index contributed by atoms with van der Waals surface area (Å²) in [7, 11) is 3.23. The number of hydrogen-bond donors (Lipinski definition) is 6. The molecule has 4 heterocycles. The number of aromatic nitrogens is 3. The zero-order valence-corrected chi connectivity index (χ0v) is 44.5. The quantitative estimate of drug-likeness (QED) is 0.0650. The minimum atomic E-state index is -0.954. The van der Waals surface area contributed by atoms with E-state index in [2.05, 4.69) is 42.7 Å². The lowest BCUT2D eigenvalue weighted by Gasteiger charge is -2.36. The SMILES string of the molecule is CC[C@@H](NC(=O)[C@@H]1C[C@H](NC(=O)CCOCCOCCC(=O)NCCn2nc3c(c2C#N)-c2cnc(N)c(c2)O[C@H](C)c2cc(F)ccc2C(=O)N(C)C3)CN1C(=O)[C@@H](NC(=O)[C@H](C)NC)C(C)(C)C)c1ccccc1. The molecule has 7 N–H and O–H groups in total. The van der Waals surface area contributed by atoms with E-state index in [1.54, 1.807) is 34.0 Å². The molecule has 2 aromatic carbocycles. The minimum Gasteiger partial charge on any atom is -0.482 e. The van der Waals surface area contributed by atoms with Gasteiger partial charge in [-0.05, 0) is 69.0 Å². The number of anilines is 1. The monoisotopic (exact) mass is 1050 g/mol. The summed E-state index contributed by atoms with van der Waals surface area (Å²) in [6.45, 7) is 11.6. The van der Waals surface area contributed by atoms with Crippen LogP contribution in [0.15, 0.2) is 60.8 Å². The van der Waals surface area contributed by atoms with Crippen molar-refractivity contribution in [3.63, 3.8) is 0 Å². The fourth-order valence-corrected chi connectivity index (χ4v) is 9.07. The Labute approximate surface area is 442 Å². The van der Waals surface area contributed by atoms with E-state index in [4.69, 9.17) is 19.9 Å². The van der Waals surface area contributed by atoms with Gasteiger partial charge in [0, 0.05) is 67.5 Å². The van der Waals surface area contributed by atoms with Crippen molar-refractivity contribution in [2.24, 2.45) is 5.41 Å². The zero-order valence-electron chi connectivity index (χ0n) is 44.5. The van der Waals surface area contributed by atoms with E-state index in [0.717, 1.165) is 5.56 Å². The number of nitrogens with one attached hydrogen (secondary N) is 5. The van der Waals surface area contributed by atoms with Crippen molar-refractivity contribution in [2.75, 3.05) is 59.3 Å². The summed E-state index contributed by atoms with van der Waals surface area (Å²) in [6.07, 6.45) is 1.51. The molecule has 21 nitrogen and oxygen atoms in total. The highest BCUT2D eigenvalue weighted by atomic mass is 19.1. The number of carbonyl (C=O) groups excluding carboxylic acids is 6. The second-order valence-corrected chi connectivity index (χ2v) is 20.0. The Bertz CT molecular complexity index is 2760. The maximum absolute atomic E-state index is 14.4. The van der Waals surface area contributed by atoms with E-state index in [0.29, 0.717) is 28.8 Å². The second-order valence-electron chi connectivity index (χ2n) is 20.0. The fraction of sp³-hybridized carbons (Fsp3) is 0.500. The van der Waals surface area contributed by atoms with E-state index in [1.807, 2.05) is 58.0 Å². The van der Waals surface area contributed by atoms with E-state index < -0.39 is 53.3 Å². The summed E-state index contributed by atoms with van der Waals surface area (Å²) in [6, 6.07) is 13.9. The van der Waals surface area contributed by atoms with Crippen LogP contribution in [-0.4, -0.2) is 138 Å². The summed E-state index contributed by atoms with van der Waals surface area (Å²) in [5, 5.41) is 29.7. The molecule has 0 radical (unpaired) electrons. The first-order valence-electron chi connectivity index (χ1n) is 25.6. The number of likely N-dealkylation sites (tertiary alicyclic amines) is 1. The molecule has 22 heteroatoms. The van der Waals surface area contributed by atoms with Crippen molar-refractivity contribution in [1.82, 2.24) is 51.1 Å². The molecule has 0 unspecified atom stereocenters. The Morgan fingerprint density at radius 3 is 2.36 bits per heavy atom. The number of nitrogens with two attached hydrogens (primary N) is 1. The van der Waals surface area contributed by atoms with Gasteiger partial charge in [0.05, 0.1) is 57.3 Å². The van der Waals surface area contributed by atoms with Crippen LogP contribution in [0.1, 0.15) is 112 Å². The smallest absolute Gasteiger partial charge is 0.254 e. The Kier molecular flexibility index (Phi) is 20.0. The van der Waals surface area contributed by atoms with Gasteiger partial charge in [-0.15, -0.1) is 0 Å². The zero-order chi connectivity index (χ0) is 55.3. The molecule has 2 bridgehead atoms. The predicted molar refractivity (Wildman–Crippen MR) is 279 cm³/mol. The summed E-state index contributed by atoms with van der Waals surface area (Å²) in [5.74, 6) is -2.49. The van der Waals surface area contributed by atoms with Gasteiger partial charge in [0.15, 0.2) is 11.6 Å². The molecule has 2 aliphatic heterocycles. The Morgan fingerprint density at radius 2 is 1.70 bits per heavy atom. The normalized spacial score (nSPS) is 17.6. The molecule has 2 aliphatic rings. The average molecular weight is 1050 g/mol. The third kappa shape index (κ3) is 14.7. The van der Waals surface area contributed by atoms with Crippen LogP contribution >= 0.6 is 0 Å². The van der Waals surface area contributed by atoms with Gasteiger partial charge < -0.3 is 56.3 Å². The number of nitrogens with zero attached hydrogens (tertiary/aromatic N) is 6. The first kappa shape index (κ1) is 57.8. The van der Waals surface area contributed by atoms with E-state index in [1.165, 1.54) is 38.9 Å². The molecule has 6 amide bonds. The van der Waals surface area contributed by atoms with Crippen molar-refractivity contribution in [2.45, 2.75) is 117 Å². The van der Waals surface area contributed by atoms with Gasteiger partial charge >= 0.3 is 0 Å². The third-order valence-electron chi connectivity index (χ3n) is 13.4. The molecule has 4 aromatic rings. The number of nitriles is 1. The van der Waals surface area contributed by atoms with Crippen LogP contribution in [0.4, 0.5) is 10.2 Å². The first-order chi connectivity index (χ1) is 36.2. The van der Waals surface area contributed by atoms with Gasteiger partial charge in [-0.2, -0.15) is 10.4 Å². The Hall–Kier alpha value is -7.48. The summed E-state index contributed by atoms with van der Waals surface area (Å²) in [4.78, 5) is 88.3. The number of ether oxygens (including phenoxy) is 3. The molecule has 6 atom stereocenters. The fourth-order valence-electron chi connectivity index (χ4n) is 9.07. The number of carbonyl (C=O) groups is 6. The maximum atomic E-state index is 14.4. The van der Waals surface area contributed by atoms with Gasteiger partial charge in [0.2, 0.25) is 29.5 Å². The highest BCUT2D eigenvalue weighted by Crippen LogP contribution is 2.36. The molecule has 0 aliphatic carbocycles. The van der Waals surface area contributed by atoms with Gasteiger partial charge in [0.25, 0.3) is 5.91 Å². The topological polar surface area (TPSA) is 277 Å². The molecular formula is C54H71FN12O9. The van der Waals surface area contributed by atoms with Gasteiger partial charge in [-0.3, -0.25) is 33.4 Å². The molecule has 76 heavy (non-hydrogen) atoms. The summed E-state index contributed by atoms with van der Waals surface area (Å²) >= 11 is 0. The van der Waals surface area contributed by atoms with E-state index in [9.17, 15) is 38.4 Å². The summed E-state index contributed by atoms with van der Waals surface area (Å²) < 4.78 is 33.2. The minimum absolute atomic E-state index is 0.00221. The maximum Gasteiger partial charge on any atom is 0.254 e. The molecule has 1 saturated heterocycles. The third-order valence-corrected chi connectivity index (χ3v) is 13.4. The standard InChI is InChI=1S/C54H71FN12O9/c1-9-40(34-13-11-10-12-14-34)62-51(71)42-27-37(30-66(42)53(73)48(54(4,5)6)63-50(70)32(2)58-7)61-46(69)18-22-75-24-23-74-21-17-45(68)59-19-20-67-43(28-56)47-35-25-44(49(57)60-29-35)76-33(3)39-26-36(55)15-16-38(39)52(72)65(8)31-41(47)64-67/h10-16,25-26,29,32-33,37,40,42,48,58H,9,17-24,27,30-31H2,1-8H3,(H2,57,60)(H,59,68)(H,61,69)(H,62,71)(H,63,70)/t32-,33+,37-,40+,42-,48+/m0/s1. The first-order valence-corrected chi connectivity index (χ1v) is 25.6. The van der Waals surface area contributed by atoms with Crippen LogP contribution in [0.25, 0.3) is 11.1 Å². The number of fused-ring (bicyclic) bond motifs is 5. The number of amides is 6. The molecule has 408 valence electrons. The van der Waals surface area contributed by atoms with Crippen LogP contribution in [0, 0.1) is 22.6 Å². The van der Waals surface area contributed by atoms with Gasteiger partial charge in [-0.25, -0.2) is 9.37 Å². The summed E-state index contributed by atoms with van der Waals surface area (Å²) in [5.41, 5.74) is 8.36. The lowest BCUT2D eigenvalue weighted by molar-refractivity contribution is -0.144. The Balaban J connectivity index is 0.963. The predicted octanol–water partition coefficient (Wildman–Crippen LogP) is 3.69. The van der Waals surface area contributed by atoms with Gasteiger partial charge in [-0.1, -0.05) is 58.0 Å². The van der Waals surface area contributed by atoms with Crippen molar-refractivity contribution in [3.05, 3.63) is 94.7 Å². The number of nitrogen functional groups attached to an aromatic ring is 1. The van der Waals surface area contributed by atoms with Crippen molar-refractivity contribution in [1.29, 1.82) is 5.26 Å². The highest BCUT2D eigenvalue weighted by molar-refractivity contribution is 5.96. The molecule has 0 saturated carbocycles. The number of halogens is 1. The number of hydrogen-bond acceptors (Lipinski definition) is 14. The van der Waals surface area contributed by atoms with Crippen molar-refractivity contribution >= 4 is 41.3 Å². The number of benzene rings is 2. The van der Waals surface area contributed by atoms with Crippen molar-refractivity contribution in [3.8, 4) is 22.9 Å². The van der Waals surface area contributed by atoms with Gasteiger partial charge in [0.1, 0.15) is 35.8 Å². The lowest BCUT2D eigenvalue weighted by atomic mass is 9.85. The van der Waals surface area contributed by atoms with Crippen LogP contribution in [0.5, 0.6) is 5.75 Å². The molecule has 1 fully saturated rings. The highest BCUT2D eigenvalue weighted by Gasteiger charge is 2.46.